The third-order valence-corrected chi connectivity index (χ3v) is 5.50. The van der Waals surface area contributed by atoms with Crippen LogP contribution in [0.1, 0.15) is 54.7 Å². The van der Waals surface area contributed by atoms with Crippen LogP contribution in [-0.2, 0) is 12.8 Å². The second-order valence-electron chi connectivity index (χ2n) is 7.71. The highest BCUT2D eigenvalue weighted by molar-refractivity contribution is 5.99. The Kier molecular flexibility index (Phi) is 3.67. The third kappa shape index (κ3) is 2.66. The lowest BCUT2D eigenvalue weighted by atomic mass is 9.91. The zero-order valence-electron chi connectivity index (χ0n) is 14.2. The number of likely N-dealkylation sites (tertiary alicyclic amines) is 1. The molecular weight excluding hydrogens is 284 g/mol. The summed E-state index contributed by atoms with van der Waals surface area (Å²) in [6.07, 6.45) is 6.06. The summed E-state index contributed by atoms with van der Waals surface area (Å²) in [5.41, 5.74) is 4.87. The average molecular weight is 310 g/mol. The average Bonchev–Trinajstić information content (AvgIpc) is 2.91. The third-order valence-electron chi connectivity index (χ3n) is 5.50. The highest BCUT2D eigenvalue weighted by Crippen LogP contribution is 2.30. The lowest BCUT2D eigenvalue weighted by Gasteiger charge is -2.35. The van der Waals surface area contributed by atoms with E-state index in [0.29, 0.717) is 11.8 Å². The molecule has 1 amide bonds. The Balaban J connectivity index is 1.67. The fraction of sp³-hybridized carbons (Fsp3) is 0.550. The van der Waals surface area contributed by atoms with Crippen molar-refractivity contribution < 1.29 is 4.79 Å². The number of aromatic amines is 1. The van der Waals surface area contributed by atoms with Crippen LogP contribution in [0.4, 0.5) is 0 Å². The monoisotopic (exact) mass is 310 g/mol. The molecule has 4 rings (SSSR count). The molecule has 0 spiro atoms. The van der Waals surface area contributed by atoms with Crippen LogP contribution >= 0.6 is 0 Å². The fourth-order valence-electron chi connectivity index (χ4n) is 4.55. The zero-order valence-corrected chi connectivity index (χ0v) is 14.2. The molecule has 2 heterocycles. The van der Waals surface area contributed by atoms with Gasteiger partial charge in [0.05, 0.1) is 0 Å². The van der Waals surface area contributed by atoms with E-state index in [-0.39, 0.29) is 5.91 Å². The maximum atomic E-state index is 12.9. The number of carbonyl (C=O) groups excluding carboxylic acids is 1. The Hall–Kier alpha value is -1.77. The van der Waals surface area contributed by atoms with Gasteiger partial charge in [0, 0.05) is 35.2 Å². The standard InChI is InChI=1S/C20H26N2O/c1-13-9-14(2)12-22(11-13)20(23)15-7-8-19-17(10-15)16-5-3-4-6-18(16)21-19/h7-8,10,13-14,21H,3-6,9,11-12H2,1-2H3/t13-,14-/m1/s1. The van der Waals surface area contributed by atoms with Crippen LogP contribution in [0.5, 0.6) is 0 Å². The van der Waals surface area contributed by atoms with Crippen molar-refractivity contribution >= 4 is 16.8 Å². The SMILES string of the molecule is C[C@@H]1C[C@@H](C)CN(C(=O)c2ccc3[nH]c4c(c3c2)CCCC4)C1. The number of fused-ring (bicyclic) bond motifs is 3. The molecule has 1 aromatic carbocycles. The van der Waals surface area contributed by atoms with Crippen molar-refractivity contribution in [2.24, 2.45) is 11.8 Å². The predicted octanol–water partition coefficient (Wildman–Crippen LogP) is 4.16. The number of benzene rings is 1. The van der Waals surface area contributed by atoms with Gasteiger partial charge < -0.3 is 9.88 Å². The molecule has 1 aliphatic heterocycles. The number of H-pyrrole nitrogens is 1. The molecule has 3 nitrogen and oxygen atoms in total. The predicted molar refractivity (Wildman–Crippen MR) is 93.8 cm³/mol. The molecule has 2 aliphatic rings. The summed E-state index contributed by atoms with van der Waals surface area (Å²) in [5, 5.41) is 1.27. The zero-order chi connectivity index (χ0) is 16.0. The highest BCUT2D eigenvalue weighted by Gasteiger charge is 2.26. The first kappa shape index (κ1) is 14.8. The van der Waals surface area contributed by atoms with E-state index < -0.39 is 0 Å². The number of rotatable bonds is 1. The van der Waals surface area contributed by atoms with Gasteiger partial charge in [-0.3, -0.25) is 4.79 Å². The van der Waals surface area contributed by atoms with Gasteiger partial charge in [-0.2, -0.15) is 0 Å². The van der Waals surface area contributed by atoms with E-state index in [2.05, 4.69) is 35.9 Å². The van der Waals surface area contributed by atoms with Crippen LogP contribution < -0.4 is 0 Å². The first-order valence-electron chi connectivity index (χ1n) is 9.04. The van der Waals surface area contributed by atoms with Gasteiger partial charge in [0.2, 0.25) is 0 Å². The summed E-state index contributed by atoms with van der Waals surface area (Å²) >= 11 is 0. The van der Waals surface area contributed by atoms with Crippen molar-refractivity contribution in [3.05, 3.63) is 35.0 Å². The molecule has 2 atom stereocenters. The first-order chi connectivity index (χ1) is 11.1. The van der Waals surface area contributed by atoms with Crippen LogP contribution in [0, 0.1) is 11.8 Å². The smallest absolute Gasteiger partial charge is 0.253 e. The van der Waals surface area contributed by atoms with Gasteiger partial charge >= 0.3 is 0 Å². The maximum absolute atomic E-state index is 12.9. The highest BCUT2D eigenvalue weighted by atomic mass is 16.2. The minimum Gasteiger partial charge on any atom is -0.358 e. The number of piperidine rings is 1. The first-order valence-corrected chi connectivity index (χ1v) is 9.04. The van der Waals surface area contributed by atoms with Crippen molar-refractivity contribution in [3.63, 3.8) is 0 Å². The summed E-state index contributed by atoms with van der Waals surface area (Å²) in [6.45, 7) is 6.29. The number of carbonyl (C=O) groups is 1. The number of aromatic nitrogens is 1. The van der Waals surface area contributed by atoms with Gasteiger partial charge in [-0.05, 0) is 67.7 Å². The van der Waals surface area contributed by atoms with Gasteiger partial charge in [0.1, 0.15) is 0 Å². The van der Waals surface area contributed by atoms with Crippen molar-refractivity contribution in [3.8, 4) is 0 Å². The number of hydrogen-bond donors (Lipinski definition) is 1. The number of aryl methyl sites for hydroxylation is 2. The van der Waals surface area contributed by atoms with Crippen molar-refractivity contribution in [1.29, 1.82) is 0 Å². The molecule has 1 aliphatic carbocycles. The van der Waals surface area contributed by atoms with E-state index >= 15 is 0 Å². The van der Waals surface area contributed by atoms with Crippen molar-refractivity contribution in [2.45, 2.75) is 46.0 Å². The van der Waals surface area contributed by atoms with E-state index in [1.807, 2.05) is 6.07 Å². The molecule has 122 valence electrons. The largest absolute Gasteiger partial charge is 0.358 e. The number of nitrogens with one attached hydrogen (secondary N) is 1. The molecule has 0 radical (unpaired) electrons. The van der Waals surface area contributed by atoms with Crippen LogP contribution in [0.2, 0.25) is 0 Å². The minimum atomic E-state index is 0.205. The van der Waals surface area contributed by atoms with E-state index in [9.17, 15) is 4.79 Å². The van der Waals surface area contributed by atoms with E-state index in [4.69, 9.17) is 0 Å². The molecule has 23 heavy (non-hydrogen) atoms. The van der Waals surface area contributed by atoms with Crippen LogP contribution in [0.25, 0.3) is 10.9 Å². The maximum Gasteiger partial charge on any atom is 0.253 e. The Morgan fingerprint density at radius 1 is 1.13 bits per heavy atom. The second kappa shape index (κ2) is 5.70. The summed E-state index contributed by atoms with van der Waals surface area (Å²) in [4.78, 5) is 18.5. The Morgan fingerprint density at radius 3 is 2.65 bits per heavy atom. The Morgan fingerprint density at radius 2 is 1.87 bits per heavy atom. The molecule has 2 aromatic rings. The summed E-state index contributed by atoms with van der Waals surface area (Å²) < 4.78 is 0. The molecule has 0 unspecified atom stereocenters. The molecule has 0 bridgehead atoms. The minimum absolute atomic E-state index is 0.205. The van der Waals surface area contributed by atoms with Crippen LogP contribution in [0.3, 0.4) is 0 Å². The molecule has 1 saturated heterocycles. The summed E-state index contributed by atoms with van der Waals surface area (Å²) in [5.74, 6) is 1.41. The molecule has 1 fully saturated rings. The van der Waals surface area contributed by atoms with Gasteiger partial charge in [-0.15, -0.1) is 0 Å². The lowest BCUT2D eigenvalue weighted by molar-refractivity contribution is 0.0623. The lowest BCUT2D eigenvalue weighted by Crippen LogP contribution is -2.42. The van der Waals surface area contributed by atoms with Crippen molar-refractivity contribution in [2.75, 3.05) is 13.1 Å². The number of nitrogens with zero attached hydrogens (tertiary/aromatic N) is 1. The molecular formula is C20H26N2O. The fourth-order valence-corrected chi connectivity index (χ4v) is 4.55. The van der Waals surface area contributed by atoms with Gasteiger partial charge in [0.15, 0.2) is 0 Å². The normalized spacial score (nSPS) is 24.7. The van der Waals surface area contributed by atoms with Crippen molar-refractivity contribution in [1.82, 2.24) is 9.88 Å². The molecule has 1 N–H and O–H groups in total. The van der Waals surface area contributed by atoms with Gasteiger partial charge in [0.25, 0.3) is 5.91 Å². The topological polar surface area (TPSA) is 36.1 Å². The van der Waals surface area contributed by atoms with Crippen LogP contribution in [-0.4, -0.2) is 28.9 Å². The van der Waals surface area contributed by atoms with E-state index in [0.717, 1.165) is 31.5 Å². The summed E-state index contributed by atoms with van der Waals surface area (Å²) in [7, 11) is 0. The quantitative estimate of drug-likeness (QED) is 0.843. The van der Waals surface area contributed by atoms with Gasteiger partial charge in [-0.25, -0.2) is 0 Å². The molecule has 3 heteroatoms. The Labute approximate surface area is 138 Å². The number of amides is 1. The summed E-state index contributed by atoms with van der Waals surface area (Å²) in [6, 6.07) is 6.22. The second-order valence-corrected chi connectivity index (χ2v) is 7.71. The van der Waals surface area contributed by atoms with Crippen LogP contribution in [0.15, 0.2) is 18.2 Å². The van der Waals surface area contributed by atoms with E-state index in [1.54, 1.807) is 0 Å². The molecule has 1 aromatic heterocycles. The number of hydrogen-bond acceptors (Lipinski definition) is 1. The van der Waals surface area contributed by atoms with Gasteiger partial charge in [-0.1, -0.05) is 13.8 Å². The van der Waals surface area contributed by atoms with E-state index in [1.165, 1.54) is 41.4 Å². The molecule has 0 saturated carbocycles. The Bertz CT molecular complexity index is 735.